The molecular formula is C24H31N7O3. The van der Waals surface area contributed by atoms with Crippen LogP contribution in [-0.2, 0) is 4.74 Å². The number of anilines is 3. The molecule has 0 fully saturated rings. The fourth-order valence-corrected chi connectivity index (χ4v) is 3.29. The molecule has 180 valence electrons. The molecule has 2 aromatic heterocycles. The van der Waals surface area contributed by atoms with Gasteiger partial charge in [-0.3, -0.25) is 9.78 Å². The van der Waals surface area contributed by atoms with Gasteiger partial charge in [0.25, 0.3) is 5.91 Å². The van der Waals surface area contributed by atoms with Gasteiger partial charge >= 0.3 is 0 Å². The predicted octanol–water partition coefficient (Wildman–Crippen LogP) is 2.57. The van der Waals surface area contributed by atoms with E-state index in [1.807, 2.05) is 37.3 Å². The van der Waals surface area contributed by atoms with Gasteiger partial charge in [0.15, 0.2) is 11.5 Å². The van der Waals surface area contributed by atoms with E-state index in [0.717, 1.165) is 30.0 Å². The highest BCUT2D eigenvalue weighted by Crippen LogP contribution is 2.26. The lowest BCUT2D eigenvalue weighted by atomic mass is 10.1. The Morgan fingerprint density at radius 3 is 2.65 bits per heavy atom. The molecule has 0 aliphatic carbocycles. The van der Waals surface area contributed by atoms with Crippen molar-refractivity contribution >= 4 is 23.1 Å². The number of carbonyl (C=O) groups is 1. The van der Waals surface area contributed by atoms with Gasteiger partial charge in [0.1, 0.15) is 5.75 Å². The molecule has 1 aromatic carbocycles. The molecule has 10 nitrogen and oxygen atoms in total. The summed E-state index contributed by atoms with van der Waals surface area (Å²) in [5, 5.41) is 2.88. The lowest BCUT2D eigenvalue weighted by Crippen LogP contribution is -2.28. The van der Waals surface area contributed by atoms with Gasteiger partial charge in [-0.15, -0.1) is 0 Å². The highest BCUT2D eigenvalue weighted by Gasteiger charge is 2.18. The van der Waals surface area contributed by atoms with Gasteiger partial charge in [-0.2, -0.15) is 0 Å². The van der Waals surface area contributed by atoms with Gasteiger partial charge in [0, 0.05) is 32.0 Å². The smallest absolute Gasteiger partial charge is 0.278 e. The van der Waals surface area contributed by atoms with Crippen molar-refractivity contribution in [2.45, 2.75) is 13.3 Å². The van der Waals surface area contributed by atoms with Gasteiger partial charge < -0.3 is 31.2 Å². The van der Waals surface area contributed by atoms with Crippen molar-refractivity contribution in [1.29, 1.82) is 0 Å². The van der Waals surface area contributed by atoms with Gasteiger partial charge in [-0.25, -0.2) is 9.97 Å². The number of hydrogen-bond donors (Lipinski definition) is 3. The van der Waals surface area contributed by atoms with Crippen LogP contribution in [0.15, 0.2) is 48.9 Å². The number of rotatable bonds is 12. The fourth-order valence-electron chi connectivity index (χ4n) is 3.29. The Kier molecular flexibility index (Phi) is 9.12. The highest BCUT2D eigenvalue weighted by molar-refractivity contribution is 6.07. The normalized spacial score (nSPS) is 10.7. The Hall–Kier alpha value is -3.76. The number of benzene rings is 1. The lowest BCUT2D eigenvalue weighted by Gasteiger charge is -2.25. The molecule has 2 heterocycles. The number of carbonyl (C=O) groups excluding carboxylic acids is 1. The van der Waals surface area contributed by atoms with Crippen molar-refractivity contribution in [1.82, 2.24) is 15.0 Å². The Morgan fingerprint density at radius 1 is 1.15 bits per heavy atom. The monoisotopic (exact) mass is 465 g/mol. The Labute approximate surface area is 199 Å². The van der Waals surface area contributed by atoms with Crippen molar-refractivity contribution < 1.29 is 14.3 Å². The summed E-state index contributed by atoms with van der Waals surface area (Å²) in [6.07, 6.45) is 5.60. The molecular weight excluding hydrogens is 434 g/mol. The third-order valence-electron chi connectivity index (χ3n) is 5.12. The summed E-state index contributed by atoms with van der Waals surface area (Å²) < 4.78 is 10.8. The maximum atomic E-state index is 13.1. The first-order valence-electron chi connectivity index (χ1n) is 11.1. The van der Waals surface area contributed by atoms with Crippen LogP contribution in [0.25, 0.3) is 11.3 Å². The van der Waals surface area contributed by atoms with Gasteiger partial charge in [-0.05, 0) is 50.2 Å². The summed E-state index contributed by atoms with van der Waals surface area (Å²) in [5.41, 5.74) is 14.2. The van der Waals surface area contributed by atoms with Crippen molar-refractivity contribution in [3.8, 4) is 17.0 Å². The molecule has 0 aliphatic rings. The number of aromatic nitrogens is 3. The second-order valence-corrected chi connectivity index (χ2v) is 7.42. The first kappa shape index (κ1) is 24.9. The van der Waals surface area contributed by atoms with Crippen molar-refractivity contribution in [2.75, 3.05) is 55.9 Å². The number of ether oxygens (including phenoxy) is 2. The summed E-state index contributed by atoms with van der Waals surface area (Å²) in [6.45, 7) is 5.13. The molecule has 0 bridgehead atoms. The first-order chi connectivity index (χ1) is 16.6. The van der Waals surface area contributed by atoms with Crippen LogP contribution in [0.3, 0.4) is 0 Å². The van der Waals surface area contributed by atoms with Crippen LogP contribution in [0, 0.1) is 0 Å². The third kappa shape index (κ3) is 6.40. The molecule has 0 radical (unpaired) electrons. The number of nitrogens with one attached hydrogen (secondary N) is 1. The fraction of sp³-hybridized carbons (Fsp3) is 0.333. The van der Waals surface area contributed by atoms with E-state index in [9.17, 15) is 4.79 Å². The molecule has 34 heavy (non-hydrogen) atoms. The standard InChI is InChI=1S/C24H31N7O3/c1-3-31(12-14-33-2)21-9-11-27-15-20(21)30-24(32)22-23(26)28-16-19(29-22)17-5-7-18(8-6-17)34-13-4-10-25/h5-9,11,15-16H,3-4,10,12-14,25H2,1-2H3,(H2,26,28)(H,30,32). The van der Waals surface area contributed by atoms with E-state index < -0.39 is 5.91 Å². The maximum Gasteiger partial charge on any atom is 0.278 e. The van der Waals surface area contributed by atoms with Crippen molar-refractivity contribution in [3.05, 3.63) is 54.6 Å². The summed E-state index contributed by atoms with van der Waals surface area (Å²) >= 11 is 0. The molecule has 3 rings (SSSR count). The number of nitrogen functional groups attached to an aromatic ring is 1. The van der Waals surface area contributed by atoms with E-state index in [2.05, 4.69) is 25.2 Å². The third-order valence-corrected chi connectivity index (χ3v) is 5.12. The van der Waals surface area contributed by atoms with Gasteiger partial charge in [0.05, 0.1) is 42.7 Å². The molecule has 0 aliphatic heterocycles. The SMILES string of the molecule is CCN(CCOC)c1ccncc1NC(=O)c1nc(-c2ccc(OCCCN)cc2)cnc1N. The van der Waals surface area contributed by atoms with Crippen LogP contribution in [0.2, 0.25) is 0 Å². The Bertz CT molecular complexity index is 1080. The quantitative estimate of drug-likeness (QED) is 0.344. The molecule has 0 saturated carbocycles. The first-order valence-corrected chi connectivity index (χ1v) is 11.1. The number of nitrogens with two attached hydrogens (primary N) is 2. The zero-order valence-corrected chi connectivity index (χ0v) is 19.5. The van der Waals surface area contributed by atoms with E-state index >= 15 is 0 Å². The summed E-state index contributed by atoms with van der Waals surface area (Å²) in [5.74, 6) is 0.308. The molecule has 0 saturated heterocycles. The number of nitrogens with zero attached hydrogens (tertiary/aromatic N) is 4. The lowest BCUT2D eigenvalue weighted by molar-refractivity contribution is 0.102. The predicted molar refractivity (Wildman–Crippen MR) is 133 cm³/mol. The second-order valence-electron chi connectivity index (χ2n) is 7.42. The van der Waals surface area contributed by atoms with Crippen molar-refractivity contribution in [3.63, 3.8) is 0 Å². The number of pyridine rings is 1. The minimum atomic E-state index is -0.467. The van der Waals surface area contributed by atoms with Crippen LogP contribution >= 0.6 is 0 Å². The summed E-state index contributed by atoms with van der Waals surface area (Å²) in [4.78, 5) is 28.0. The molecule has 3 aromatic rings. The van der Waals surface area contributed by atoms with Gasteiger partial charge in [0.2, 0.25) is 0 Å². The second kappa shape index (κ2) is 12.5. The minimum absolute atomic E-state index is 0.0375. The van der Waals surface area contributed by atoms with Crippen LogP contribution in [0.1, 0.15) is 23.8 Å². The van der Waals surface area contributed by atoms with Crippen LogP contribution in [0.4, 0.5) is 17.2 Å². The zero-order chi connectivity index (χ0) is 24.3. The van der Waals surface area contributed by atoms with E-state index in [1.165, 1.54) is 6.20 Å². The molecule has 5 N–H and O–H groups in total. The van der Waals surface area contributed by atoms with E-state index in [0.29, 0.717) is 37.7 Å². The number of hydrogen-bond acceptors (Lipinski definition) is 9. The Balaban J connectivity index is 1.80. The largest absolute Gasteiger partial charge is 0.494 e. The summed E-state index contributed by atoms with van der Waals surface area (Å²) in [7, 11) is 1.65. The molecule has 0 atom stereocenters. The van der Waals surface area contributed by atoms with E-state index in [1.54, 1.807) is 19.5 Å². The highest BCUT2D eigenvalue weighted by atomic mass is 16.5. The molecule has 10 heteroatoms. The van der Waals surface area contributed by atoms with Crippen LogP contribution < -0.4 is 26.4 Å². The van der Waals surface area contributed by atoms with Gasteiger partial charge in [-0.1, -0.05) is 0 Å². The molecule has 0 spiro atoms. The molecule has 1 amide bonds. The molecule has 0 unspecified atom stereocenters. The van der Waals surface area contributed by atoms with E-state index in [4.69, 9.17) is 20.9 Å². The topological polar surface area (TPSA) is 142 Å². The zero-order valence-electron chi connectivity index (χ0n) is 19.5. The van der Waals surface area contributed by atoms with Crippen molar-refractivity contribution in [2.24, 2.45) is 5.73 Å². The average molecular weight is 466 g/mol. The number of likely N-dealkylation sites (N-methyl/N-ethyl adjacent to an activating group) is 1. The van der Waals surface area contributed by atoms with E-state index in [-0.39, 0.29) is 11.5 Å². The average Bonchev–Trinajstić information content (AvgIpc) is 2.86. The summed E-state index contributed by atoms with van der Waals surface area (Å²) in [6, 6.07) is 9.23. The maximum absolute atomic E-state index is 13.1. The number of methoxy groups -OCH3 is 1. The Morgan fingerprint density at radius 2 is 1.94 bits per heavy atom. The van der Waals surface area contributed by atoms with Crippen LogP contribution in [-0.4, -0.2) is 60.8 Å². The minimum Gasteiger partial charge on any atom is -0.494 e. The number of amides is 1. The van der Waals surface area contributed by atoms with Crippen LogP contribution in [0.5, 0.6) is 5.75 Å².